The van der Waals surface area contributed by atoms with Gasteiger partial charge in [-0.05, 0) is 38.1 Å². The number of ether oxygens (including phenoxy) is 2. The topological polar surface area (TPSA) is 64.6 Å². The van der Waals surface area contributed by atoms with Crippen LogP contribution in [0.5, 0.6) is 0 Å². The molecule has 2 atom stereocenters. The van der Waals surface area contributed by atoms with E-state index in [9.17, 15) is 8.42 Å². The number of hydrogen-bond donors (Lipinski definition) is 1. The summed E-state index contributed by atoms with van der Waals surface area (Å²) in [5.41, 5.74) is 0. The van der Waals surface area contributed by atoms with Crippen LogP contribution in [0.3, 0.4) is 0 Å². The van der Waals surface area contributed by atoms with E-state index in [4.69, 9.17) is 9.47 Å². The molecule has 0 aromatic carbocycles. The van der Waals surface area contributed by atoms with Gasteiger partial charge in [-0.25, -0.2) is 8.42 Å². The van der Waals surface area contributed by atoms with Gasteiger partial charge in [-0.2, -0.15) is 0 Å². The molecule has 6 heteroatoms. The Bertz CT molecular complexity index is 332. The van der Waals surface area contributed by atoms with Gasteiger partial charge >= 0.3 is 0 Å². The Hall–Kier alpha value is -0.170. The summed E-state index contributed by atoms with van der Waals surface area (Å²) >= 11 is 0. The molecular weight excluding hydrogens is 266 g/mol. The van der Waals surface area contributed by atoms with Crippen LogP contribution in [-0.4, -0.2) is 59.9 Å². The van der Waals surface area contributed by atoms with Gasteiger partial charge in [0.2, 0.25) is 0 Å². The summed E-state index contributed by atoms with van der Waals surface area (Å²) in [6, 6.07) is 0. The van der Waals surface area contributed by atoms with Crippen LogP contribution in [-0.2, 0) is 19.3 Å². The first-order valence-electron chi connectivity index (χ1n) is 7.07. The first-order valence-corrected chi connectivity index (χ1v) is 8.89. The predicted octanol–water partition coefficient (Wildman–Crippen LogP) is 0.700. The Balaban J connectivity index is 2.39. The van der Waals surface area contributed by atoms with Gasteiger partial charge in [0.25, 0.3) is 0 Å². The fourth-order valence-corrected chi connectivity index (χ4v) is 4.46. The summed E-state index contributed by atoms with van der Waals surface area (Å²) < 4.78 is 33.6. The predicted molar refractivity (Wildman–Crippen MR) is 76.1 cm³/mol. The molecule has 1 rings (SSSR count). The minimum atomic E-state index is -2.80. The SMILES string of the molecule is CCOCCC(CNCCOC)C1CCS(=O)(=O)C1. The third-order valence-electron chi connectivity index (χ3n) is 3.66. The zero-order chi connectivity index (χ0) is 14.1. The van der Waals surface area contributed by atoms with E-state index in [0.29, 0.717) is 37.2 Å². The van der Waals surface area contributed by atoms with Crippen molar-refractivity contribution in [2.24, 2.45) is 11.8 Å². The molecule has 0 radical (unpaired) electrons. The van der Waals surface area contributed by atoms with Crippen LogP contribution in [0.15, 0.2) is 0 Å². The highest BCUT2D eigenvalue weighted by Gasteiger charge is 2.33. The van der Waals surface area contributed by atoms with Crippen LogP contribution in [0, 0.1) is 11.8 Å². The van der Waals surface area contributed by atoms with Gasteiger partial charge in [-0.3, -0.25) is 0 Å². The van der Waals surface area contributed by atoms with Crippen molar-refractivity contribution in [3.63, 3.8) is 0 Å². The summed E-state index contributed by atoms with van der Waals surface area (Å²) in [6.45, 7) is 5.74. The van der Waals surface area contributed by atoms with Gasteiger partial charge in [0.05, 0.1) is 18.1 Å². The van der Waals surface area contributed by atoms with Gasteiger partial charge in [0.15, 0.2) is 9.84 Å². The summed E-state index contributed by atoms with van der Waals surface area (Å²) in [7, 11) is -1.12. The van der Waals surface area contributed by atoms with E-state index in [1.165, 1.54) is 0 Å². The molecule has 19 heavy (non-hydrogen) atoms. The normalized spacial score (nSPS) is 23.6. The number of nitrogens with one attached hydrogen (secondary N) is 1. The number of methoxy groups -OCH3 is 1. The quantitative estimate of drug-likeness (QED) is 0.601. The molecule has 114 valence electrons. The molecule has 1 aliphatic rings. The van der Waals surface area contributed by atoms with Crippen LogP contribution >= 0.6 is 0 Å². The van der Waals surface area contributed by atoms with E-state index in [0.717, 1.165) is 25.9 Å². The smallest absolute Gasteiger partial charge is 0.150 e. The van der Waals surface area contributed by atoms with E-state index in [1.807, 2.05) is 6.92 Å². The van der Waals surface area contributed by atoms with Gasteiger partial charge in [-0.1, -0.05) is 0 Å². The molecular formula is C13H27NO4S. The minimum Gasteiger partial charge on any atom is -0.383 e. The van der Waals surface area contributed by atoms with Gasteiger partial charge in [-0.15, -0.1) is 0 Å². The lowest BCUT2D eigenvalue weighted by Gasteiger charge is -2.23. The minimum absolute atomic E-state index is 0.278. The standard InChI is InChI=1S/C13H27NO4S/c1-3-18-7-4-12(10-14-6-8-17-2)13-5-9-19(15,16)11-13/h12-14H,3-11H2,1-2H3. The molecule has 0 bridgehead atoms. The summed E-state index contributed by atoms with van der Waals surface area (Å²) in [4.78, 5) is 0. The molecule has 1 aliphatic heterocycles. The third kappa shape index (κ3) is 6.70. The van der Waals surface area contributed by atoms with E-state index in [1.54, 1.807) is 7.11 Å². The zero-order valence-corrected chi connectivity index (χ0v) is 12.9. The van der Waals surface area contributed by atoms with E-state index in [-0.39, 0.29) is 5.92 Å². The number of rotatable bonds is 10. The van der Waals surface area contributed by atoms with Crippen LogP contribution in [0.1, 0.15) is 19.8 Å². The molecule has 0 amide bonds. The van der Waals surface area contributed by atoms with Crippen molar-refractivity contribution in [2.75, 3.05) is 51.5 Å². The highest BCUT2D eigenvalue weighted by molar-refractivity contribution is 7.91. The monoisotopic (exact) mass is 293 g/mol. The molecule has 0 aromatic rings. The van der Waals surface area contributed by atoms with E-state index >= 15 is 0 Å². The second-order valence-corrected chi connectivity index (χ2v) is 7.33. The van der Waals surface area contributed by atoms with Crippen molar-refractivity contribution < 1.29 is 17.9 Å². The maximum atomic E-state index is 11.6. The lowest BCUT2D eigenvalue weighted by Crippen LogP contribution is -2.31. The van der Waals surface area contributed by atoms with Gasteiger partial charge in [0.1, 0.15) is 0 Å². The van der Waals surface area contributed by atoms with Crippen molar-refractivity contribution >= 4 is 9.84 Å². The largest absolute Gasteiger partial charge is 0.383 e. The molecule has 0 spiro atoms. The molecule has 2 unspecified atom stereocenters. The van der Waals surface area contributed by atoms with E-state index < -0.39 is 9.84 Å². The van der Waals surface area contributed by atoms with Crippen LogP contribution in [0.25, 0.3) is 0 Å². The average molecular weight is 293 g/mol. The molecule has 0 aliphatic carbocycles. The maximum Gasteiger partial charge on any atom is 0.150 e. The molecule has 0 aromatic heterocycles. The van der Waals surface area contributed by atoms with Crippen LogP contribution < -0.4 is 5.32 Å². The highest BCUT2D eigenvalue weighted by atomic mass is 32.2. The second kappa shape index (κ2) is 8.89. The number of hydrogen-bond acceptors (Lipinski definition) is 5. The van der Waals surface area contributed by atoms with Gasteiger partial charge < -0.3 is 14.8 Å². The second-order valence-electron chi connectivity index (χ2n) is 5.11. The van der Waals surface area contributed by atoms with Crippen molar-refractivity contribution in [1.29, 1.82) is 0 Å². The zero-order valence-electron chi connectivity index (χ0n) is 12.1. The van der Waals surface area contributed by atoms with Crippen LogP contribution in [0.4, 0.5) is 0 Å². The Morgan fingerprint density at radius 1 is 1.37 bits per heavy atom. The fourth-order valence-electron chi connectivity index (χ4n) is 2.54. The van der Waals surface area contributed by atoms with Crippen molar-refractivity contribution in [1.82, 2.24) is 5.32 Å². The third-order valence-corrected chi connectivity index (χ3v) is 5.45. The van der Waals surface area contributed by atoms with E-state index in [2.05, 4.69) is 5.32 Å². The molecule has 1 saturated heterocycles. The van der Waals surface area contributed by atoms with Crippen LogP contribution in [0.2, 0.25) is 0 Å². The van der Waals surface area contributed by atoms with Crippen molar-refractivity contribution in [2.45, 2.75) is 19.8 Å². The Morgan fingerprint density at radius 2 is 2.16 bits per heavy atom. The summed E-state index contributed by atoms with van der Waals surface area (Å²) in [6.07, 6.45) is 1.72. The Labute approximate surface area is 117 Å². The first-order chi connectivity index (χ1) is 9.09. The van der Waals surface area contributed by atoms with Crippen molar-refractivity contribution in [3.8, 4) is 0 Å². The lowest BCUT2D eigenvalue weighted by atomic mass is 9.89. The first kappa shape index (κ1) is 16.9. The average Bonchev–Trinajstić information content (AvgIpc) is 2.73. The highest BCUT2D eigenvalue weighted by Crippen LogP contribution is 2.27. The molecule has 1 heterocycles. The summed E-state index contributed by atoms with van der Waals surface area (Å²) in [5, 5.41) is 3.34. The summed E-state index contributed by atoms with van der Waals surface area (Å²) in [5.74, 6) is 1.34. The Kier molecular flexibility index (Phi) is 7.90. The fraction of sp³-hybridized carbons (Fsp3) is 1.00. The molecule has 1 N–H and O–H groups in total. The maximum absolute atomic E-state index is 11.6. The molecule has 5 nitrogen and oxygen atoms in total. The Morgan fingerprint density at radius 3 is 2.74 bits per heavy atom. The van der Waals surface area contributed by atoms with Crippen molar-refractivity contribution in [3.05, 3.63) is 0 Å². The van der Waals surface area contributed by atoms with Gasteiger partial charge in [0, 0.05) is 26.9 Å². The lowest BCUT2D eigenvalue weighted by molar-refractivity contribution is 0.121. The molecule has 1 fully saturated rings. The molecule has 0 saturated carbocycles. The number of sulfone groups is 1.